The van der Waals surface area contributed by atoms with Crippen molar-refractivity contribution in [3.63, 3.8) is 0 Å². The van der Waals surface area contributed by atoms with Gasteiger partial charge in [-0.25, -0.2) is 5.43 Å². The van der Waals surface area contributed by atoms with Crippen molar-refractivity contribution in [2.45, 2.75) is 78.1 Å². The Labute approximate surface area is 141 Å². The highest BCUT2D eigenvalue weighted by atomic mass is 16.2. The van der Waals surface area contributed by atoms with Crippen LogP contribution in [-0.4, -0.2) is 12.1 Å². The van der Waals surface area contributed by atoms with Crippen LogP contribution in [0.4, 0.5) is 0 Å². The summed E-state index contributed by atoms with van der Waals surface area (Å²) in [5.41, 5.74) is 4.92. The second-order valence-electron chi connectivity index (χ2n) is 6.11. The molecule has 1 aromatic rings. The minimum atomic E-state index is 0.0115. The largest absolute Gasteiger partial charge is 0.273 e. The van der Waals surface area contributed by atoms with Gasteiger partial charge in [-0.3, -0.25) is 4.79 Å². The van der Waals surface area contributed by atoms with Gasteiger partial charge in [-0.15, -0.1) is 0 Å². The number of hydrazone groups is 1. The maximum absolute atomic E-state index is 11.7. The van der Waals surface area contributed by atoms with Crippen LogP contribution in [0.3, 0.4) is 0 Å². The van der Waals surface area contributed by atoms with Crippen LogP contribution in [0.1, 0.15) is 82.8 Å². The van der Waals surface area contributed by atoms with Gasteiger partial charge in [0, 0.05) is 6.42 Å². The number of carbonyl (C=O) groups is 1. The zero-order chi connectivity index (χ0) is 16.8. The SMILES string of the molecule is CCCCCCCCCCC(=O)N/N=C/c1ccc(CC)cc1. The van der Waals surface area contributed by atoms with Gasteiger partial charge in [-0.05, 0) is 24.0 Å². The molecule has 0 saturated carbocycles. The van der Waals surface area contributed by atoms with Crippen molar-refractivity contribution in [3.8, 4) is 0 Å². The molecule has 0 aliphatic rings. The summed E-state index contributed by atoms with van der Waals surface area (Å²) < 4.78 is 0. The highest BCUT2D eigenvalue weighted by molar-refractivity contribution is 5.82. The Hall–Kier alpha value is -1.64. The first-order valence-corrected chi connectivity index (χ1v) is 9.17. The van der Waals surface area contributed by atoms with E-state index in [0.29, 0.717) is 6.42 Å². The minimum absolute atomic E-state index is 0.0115. The van der Waals surface area contributed by atoms with Gasteiger partial charge < -0.3 is 0 Å². The number of hydrogen-bond donors (Lipinski definition) is 1. The van der Waals surface area contributed by atoms with E-state index in [1.165, 1.54) is 44.1 Å². The van der Waals surface area contributed by atoms with Crippen molar-refractivity contribution in [1.82, 2.24) is 5.43 Å². The van der Waals surface area contributed by atoms with Gasteiger partial charge in [0.25, 0.3) is 0 Å². The van der Waals surface area contributed by atoms with Gasteiger partial charge in [-0.2, -0.15) is 5.10 Å². The second-order valence-corrected chi connectivity index (χ2v) is 6.11. The normalized spacial score (nSPS) is 11.0. The molecule has 0 saturated heterocycles. The minimum Gasteiger partial charge on any atom is -0.273 e. The summed E-state index contributed by atoms with van der Waals surface area (Å²) in [6, 6.07) is 8.22. The number of rotatable bonds is 12. The Kier molecular flexibility index (Phi) is 10.9. The van der Waals surface area contributed by atoms with Crippen molar-refractivity contribution in [2.24, 2.45) is 5.10 Å². The van der Waals surface area contributed by atoms with Crippen LogP contribution in [0.5, 0.6) is 0 Å². The van der Waals surface area contributed by atoms with Crippen LogP contribution < -0.4 is 5.43 Å². The molecule has 0 spiro atoms. The summed E-state index contributed by atoms with van der Waals surface area (Å²) in [6.07, 6.45) is 13.3. The standard InChI is InChI=1S/C20H32N2O/c1-3-5-6-7-8-9-10-11-12-20(23)22-21-17-19-15-13-18(4-2)14-16-19/h13-17H,3-12H2,1-2H3,(H,22,23)/b21-17+. The number of amides is 1. The van der Waals surface area contributed by atoms with Crippen molar-refractivity contribution in [1.29, 1.82) is 0 Å². The van der Waals surface area contributed by atoms with Gasteiger partial charge in [0.05, 0.1) is 6.21 Å². The Morgan fingerprint density at radius 3 is 2.17 bits per heavy atom. The molecule has 0 radical (unpaired) electrons. The molecule has 1 rings (SSSR count). The second kappa shape index (κ2) is 12.9. The molecule has 0 unspecified atom stereocenters. The molecule has 0 atom stereocenters. The van der Waals surface area contributed by atoms with Crippen molar-refractivity contribution < 1.29 is 4.79 Å². The van der Waals surface area contributed by atoms with E-state index in [1.54, 1.807) is 6.21 Å². The van der Waals surface area contributed by atoms with Gasteiger partial charge in [0.1, 0.15) is 0 Å². The van der Waals surface area contributed by atoms with E-state index in [2.05, 4.69) is 36.5 Å². The molecular formula is C20H32N2O. The molecule has 0 fully saturated rings. The van der Waals surface area contributed by atoms with Crippen LogP contribution in [0, 0.1) is 0 Å². The summed E-state index contributed by atoms with van der Waals surface area (Å²) in [6.45, 7) is 4.37. The zero-order valence-electron chi connectivity index (χ0n) is 14.8. The highest BCUT2D eigenvalue weighted by Gasteiger charge is 1.99. The number of benzene rings is 1. The molecule has 0 aliphatic heterocycles. The lowest BCUT2D eigenvalue weighted by Crippen LogP contribution is -2.16. The smallest absolute Gasteiger partial charge is 0.240 e. The van der Waals surface area contributed by atoms with Crippen molar-refractivity contribution in [2.75, 3.05) is 0 Å². The van der Waals surface area contributed by atoms with E-state index in [4.69, 9.17) is 0 Å². The Bertz CT molecular complexity index is 451. The lowest BCUT2D eigenvalue weighted by atomic mass is 10.1. The zero-order valence-corrected chi connectivity index (χ0v) is 14.8. The van der Waals surface area contributed by atoms with E-state index in [9.17, 15) is 4.79 Å². The molecule has 1 amide bonds. The van der Waals surface area contributed by atoms with E-state index in [1.807, 2.05) is 12.1 Å². The van der Waals surface area contributed by atoms with Gasteiger partial charge >= 0.3 is 0 Å². The van der Waals surface area contributed by atoms with Crippen molar-refractivity contribution >= 4 is 12.1 Å². The van der Waals surface area contributed by atoms with Crippen LogP contribution in [0.25, 0.3) is 0 Å². The summed E-state index contributed by atoms with van der Waals surface area (Å²) in [5.74, 6) is 0.0115. The summed E-state index contributed by atoms with van der Waals surface area (Å²) in [4.78, 5) is 11.7. The predicted molar refractivity (Wildman–Crippen MR) is 98.8 cm³/mol. The molecule has 1 N–H and O–H groups in total. The monoisotopic (exact) mass is 316 g/mol. The molecule has 3 heteroatoms. The molecule has 1 aromatic carbocycles. The number of unbranched alkanes of at least 4 members (excludes halogenated alkanes) is 7. The lowest BCUT2D eigenvalue weighted by Gasteiger charge is -2.02. The molecule has 0 heterocycles. The average molecular weight is 316 g/mol. The van der Waals surface area contributed by atoms with E-state index >= 15 is 0 Å². The van der Waals surface area contributed by atoms with Gasteiger partial charge in [0.2, 0.25) is 5.91 Å². The number of carbonyl (C=O) groups excluding carboxylic acids is 1. The molecule has 23 heavy (non-hydrogen) atoms. The number of nitrogens with one attached hydrogen (secondary N) is 1. The number of nitrogens with zero attached hydrogens (tertiary/aromatic N) is 1. The molecular weight excluding hydrogens is 284 g/mol. The molecule has 0 bridgehead atoms. The fourth-order valence-electron chi connectivity index (χ4n) is 2.49. The Morgan fingerprint density at radius 1 is 0.957 bits per heavy atom. The maximum atomic E-state index is 11.7. The van der Waals surface area contributed by atoms with E-state index in [-0.39, 0.29) is 5.91 Å². The predicted octanol–water partition coefficient (Wildman–Crippen LogP) is 5.23. The van der Waals surface area contributed by atoms with Crippen molar-refractivity contribution in [3.05, 3.63) is 35.4 Å². The van der Waals surface area contributed by atoms with Crippen LogP contribution in [0.15, 0.2) is 29.4 Å². The molecule has 0 aliphatic carbocycles. The molecule has 128 valence electrons. The van der Waals surface area contributed by atoms with Gasteiger partial charge in [-0.1, -0.05) is 83.1 Å². The van der Waals surface area contributed by atoms with E-state index < -0.39 is 0 Å². The maximum Gasteiger partial charge on any atom is 0.240 e. The quantitative estimate of drug-likeness (QED) is 0.320. The Morgan fingerprint density at radius 2 is 1.57 bits per heavy atom. The van der Waals surface area contributed by atoms with Gasteiger partial charge in [0.15, 0.2) is 0 Å². The van der Waals surface area contributed by atoms with Crippen LogP contribution in [0.2, 0.25) is 0 Å². The number of hydrogen-bond acceptors (Lipinski definition) is 2. The fourth-order valence-corrected chi connectivity index (χ4v) is 2.49. The lowest BCUT2D eigenvalue weighted by molar-refractivity contribution is -0.121. The third kappa shape index (κ3) is 9.88. The first kappa shape index (κ1) is 19.4. The first-order valence-electron chi connectivity index (χ1n) is 9.17. The summed E-state index contributed by atoms with van der Waals surface area (Å²) >= 11 is 0. The number of aryl methyl sites for hydroxylation is 1. The Balaban J connectivity index is 2.06. The van der Waals surface area contributed by atoms with Crippen LogP contribution >= 0.6 is 0 Å². The first-order chi connectivity index (χ1) is 11.3. The summed E-state index contributed by atoms with van der Waals surface area (Å²) in [5, 5.41) is 4.02. The average Bonchev–Trinajstić information content (AvgIpc) is 2.58. The van der Waals surface area contributed by atoms with E-state index in [0.717, 1.165) is 24.8 Å². The fraction of sp³-hybridized carbons (Fsp3) is 0.600. The summed E-state index contributed by atoms with van der Waals surface area (Å²) in [7, 11) is 0. The molecule has 3 nitrogen and oxygen atoms in total. The third-order valence-electron chi connectivity index (χ3n) is 4.05. The third-order valence-corrected chi connectivity index (χ3v) is 4.05. The topological polar surface area (TPSA) is 41.5 Å². The molecule has 0 aromatic heterocycles. The highest BCUT2D eigenvalue weighted by Crippen LogP contribution is 2.09. The van der Waals surface area contributed by atoms with Crippen LogP contribution in [-0.2, 0) is 11.2 Å².